The first kappa shape index (κ1) is 35.9. The van der Waals surface area contributed by atoms with E-state index in [-0.39, 0.29) is 43.3 Å². The van der Waals surface area contributed by atoms with Crippen LogP contribution in [0.15, 0.2) is 4.99 Å². The van der Waals surface area contributed by atoms with Crippen LogP contribution in [-0.2, 0) is 33.6 Å². The number of aliphatic carboxylic acids is 2. The van der Waals surface area contributed by atoms with E-state index in [1.54, 1.807) is 0 Å². The first-order valence-corrected chi connectivity index (χ1v) is 14.2. The number of nitrogens with one attached hydrogen (secondary N) is 5. The molecule has 42 heavy (non-hydrogen) atoms. The van der Waals surface area contributed by atoms with Gasteiger partial charge >= 0.3 is 11.9 Å². The predicted octanol–water partition coefficient (Wildman–Crippen LogP) is -4.47. The maximum Gasteiger partial charge on any atom is 0.327 e. The van der Waals surface area contributed by atoms with E-state index in [1.165, 1.54) is 0 Å². The number of carboxylic acids is 2. The Hall–Kier alpha value is -4.13. The number of rotatable bonds is 11. The molecule has 1 saturated heterocycles. The molecular formula is C23H39N9O9S. The lowest BCUT2D eigenvalue weighted by Gasteiger charge is -2.24. The monoisotopic (exact) mass is 617 g/mol. The fourth-order valence-electron chi connectivity index (χ4n) is 3.68. The molecule has 0 aromatic rings. The second-order valence-corrected chi connectivity index (χ2v) is 10.3. The Labute approximate surface area is 245 Å². The third kappa shape index (κ3) is 14.5. The molecular weight excluding hydrogens is 578 g/mol. The molecule has 4 atom stereocenters. The third-order valence-corrected chi connectivity index (χ3v) is 6.80. The van der Waals surface area contributed by atoms with Crippen LogP contribution < -0.4 is 43.8 Å². The van der Waals surface area contributed by atoms with Gasteiger partial charge in [-0.25, -0.2) is 4.79 Å². The summed E-state index contributed by atoms with van der Waals surface area (Å²) in [6.45, 7) is -0.206. The summed E-state index contributed by atoms with van der Waals surface area (Å²) >= 11 is 0.847. The number of nitrogens with two attached hydrogens (primary N) is 3. The van der Waals surface area contributed by atoms with E-state index in [0.29, 0.717) is 19.4 Å². The highest BCUT2D eigenvalue weighted by Gasteiger charge is 2.30. The summed E-state index contributed by atoms with van der Waals surface area (Å²) < 4.78 is 0. The summed E-state index contributed by atoms with van der Waals surface area (Å²) in [7, 11) is 0. The summed E-state index contributed by atoms with van der Waals surface area (Å²) in [5, 5.41) is 30.4. The third-order valence-electron chi connectivity index (χ3n) is 5.76. The Balaban J connectivity index is 3.25. The first-order chi connectivity index (χ1) is 19.8. The Kier molecular flexibility index (Phi) is 16.3. The number of carboxylic acid groups (broad SMARTS) is 2. The van der Waals surface area contributed by atoms with Gasteiger partial charge in [-0.3, -0.25) is 33.8 Å². The molecule has 0 aromatic heterocycles. The largest absolute Gasteiger partial charge is 0.481 e. The molecule has 19 heteroatoms. The van der Waals surface area contributed by atoms with Crippen LogP contribution in [0.5, 0.6) is 0 Å². The van der Waals surface area contributed by atoms with Crippen molar-refractivity contribution in [1.29, 1.82) is 0 Å². The molecule has 1 heterocycles. The highest BCUT2D eigenvalue weighted by Crippen LogP contribution is 2.08. The second-order valence-electron chi connectivity index (χ2n) is 9.26. The Bertz CT molecular complexity index is 1020. The molecule has 0 saturated carbocycles. The summed E-state index contributed by atoms with van der Waals surface area (Å²) in [5.74, 6) is -7.71. The van der Waals surface area contributed by atoms with Crippen molar-refractivity contribution in [1.82, 2.24) is 26.6 Å². The maximum absolute atomic E-state index is 13.2. The highest BCUT2D eigenvalue weighted by atomic mass is 32.2. The minimum absolute atomic E-state index is 0.0515. The molecule has 0 unspecified atom stereocenters. The van der Waals surface area contributed by atoms with Gasteiger partial charge in [-0.2, -0.15) is 0 Å². The van der Waals surface area contributed by atoms with Gasteiger partial charge in [0, 0.05) is 12.3 Å². The fraction of sp³-hybridized carbons (Fsp3) is 0.652. The van der Waals surface area contributed by atoms with Gasteiger partial charge in [0.05, 0.1) is 18.7 Å². The number of guanidine groups is 1. The van der Waals surface area contributed by atoms with Gasteiger partial charge in [0.1, 0.15) is 24.2 Å². The van der Waals surface area contributed by atoms with Gasteiger partial charge < -0.3 is 54.0 Å². The second kappa shape index (κ2) is 19.1. The zero-order valence-electron chi connectivity index (χ0n) is 22.9. The molecule has 1 aliphatic rings. The number of hydrogen-bond acceptors (Lipinski definition) is 10. The zero-order valence-corrected chi connectivity index (χ0v) is 23.7. The maximum atomic E-state index is 13.2. The summed E-state index contributed by atoms with van der Waals surface area (Å²) in [5.41, 5.74) is 16.2. The van der Waals surface area contributed by atoms with Gasteiger partial charge in [0.15, 0.2) is 5.96 Å². The Morgan fingerprint density at radius 1 is 0.833 bits per heavy atom. The minimum Gasteiger partial charge on any atom is -0.481 e. The van der Waals surface area contributed by atoms with E-state index < -0.39 is 78.6 Å². The summed E-state index contributed by atoms with van der Waals surface area (Å²) in [6.07, 6.45) is 0.680. The lowest BCUT2D eigenvalue weighted by molar-refractivity contribution is -0.143. The topological polar surface area (TPSA) is 311 Å². The van der Waals surface area contributed by atoms with Crippen LogP contribution in [0.3, 0.4) is 0 Å². The van der Waals surface area contributed by atoms with Crippen LogP contribution in [0.2, 0.25) is 0 Å². The normalized spacial score (nSPS) is 23.1. The SMILES string of the molecule is NCCCC[C@@H]1NC(=O)CSC[C@@H](C(=O)O)NC(=O)[C@H](CC(=O)O)NC(=O)CNC(=O)[C@H](CCCN=C(N)N)NC1=O. The summed E-state index contributed by atoms with van der Waals surface area (Å²) in [6, 6.07) is -5.40. The molecule has 0 aromatic carbocycles. The Morgan fingerprint density at radius 3 is 2.07 bits per heavy atom. The minimum atomic E-state index is -1.66. The first-order valence-electron chi connectivity index (χ1n) is 13.1. The van der Waals surface area contributed by atoms with Crippen molar-refractivity contribution in [2.45, 2.75) is 62.7 Å². The van der Waals surface area contributed by atoms with E-state index in [4.69, 9.17) is 22.3 Å². The van der Waals surface area contributed by atoms with Gasteiger partial charge in [-0.15, -0.1) is 11.8 Å². The average Bonchev–Trinajstić information content (AvgIpc) is 2.90. The van der Waals surface area contributed by atoms with Crippen LogP contribution in [0.1, 0.15) is 38.5 Å². The lowest BCUT2D eigenvalue weighted by atomic mass is 10.1. The van der Waals surface area contributed by atoms with Crippen molar-refractivity contribution in [3.05, 3.63) is 0 Å². The standard InChI is InChI=1S/C23H39N9O9S/c24-6-2-1-4-13-20(38)31-12(5-3-7-27-23(25)26)19(37)28-9-16(33)30-14(8-18(35)36)21(39)32-15(22(40)41)10-42-11-17(34)29-13/h12-15H,1-11,24H2,(H,28,37)(H,29,34)(H,30,33)(H,31,38)(H,32,39)(H,35,36)(H,40,41)(H4,25,26,27)/t12-,13-,14-,15-/m0/s1. The predicted molar refractivity (Wildman–Crippen MR) is 151 cm³/mol. The highest BCUT2D eigenvalue weighted by molar-refractivity contribution is 8.00. The molecule has 1 rings (SSSR count). The van der Waals surface area contributed by atoms with E-state index in [2.05, 4.69) is 31.6 Å². The zero-order chi connectivity index (χ0) is 31.7. The summed E-state index contributed by atoms with van der Waals surface area (Å²) in [4.78, 5) is 90.7. The van der Waals surface area contributed by atoms with Crippen LogP contribution >= 0.6 is 11.8 Å². The van der Waals surface area contributed by atoms with Crippen molar-refractivity contribution in [2.24, 2.45) is 22.2 Å². The molecule has 0 bridgehead atoms. The van der Waals surface area contributed by atoms with Crippen molar-refractivity contribution in [3.63, 3.8) is 0 Å². The van der Waals surface area contributed by atoms with E-state index in [1.807, 2.05) is 0 Å². The van der Waals surface area contributed by atoms with Crippen molar-refractivity contribution in [3.8, 4) is 0 Å². The molecule has 236 valence electrons. The number of carbonyl (C=O) groups is 7. The lowest BCUT2D eigenvalue weighted by Crippen LogP contribution is -2.56. The average molecular weight is 618 g/mol. The number of hydrogen-bond donors (Lipinski definition) is 10. The number of unbranched alkanes of at least 4 members (excludes halogenated alkanes) is 1. The smallest absolute Gasteiger partial charge is 0.327 e. The fourth-order valence-corrected chi connectivity index (χ4v) is 4.53. The molecule has 0 spiro atoms. The van der Waals surface area contributed by atoms with Crippen molar-refractivity contribution in [2.75, 3.05) is 31.1 Å². The van der Waals surface area contributed by atoms with Gasteiger partial charge in [0.2, 0.25) is 29.5 Å². The molecule has 1 fully saturated rings. The Morgan fingerprint density at radius 2 is 1.45 bits per heavy atom. The quantitative estimate of drug-likeness (QED) is 0.0595. The van der Waals surface area contributed by atoms with Crippen LogP contribution in [0, 0.1) is 0 Å². The molecule has 0 aliphatic carbocycles. The van der Waals surface area contributed by atoms with Gasteiger partial charge in [-0.05, 0) is 38.6 Å². The molecule has 1 aliphatic heterocycles. The number of nitrogens with zero attached hydrogens (tertiary/aromatic N) is 1. The number of amides is 5. The number of thioether (sulfide) groups is 1. The van der Waals surface area contributed by atoms with Crippen LogP contribution in [-0.4, -0.2) is 113 Å². The molecule has 18 nitrogen and oxygen atoms in total. The van der Waals surface area contributed by atoms with Crippen LogP contribution in [0.25, 0.3) is 0 Å². The number of carbonyl (C=O) groups excluding carboxylic acids is 5. The van der Waals surface area contributed by atoms with Crippen molar-refractivity contribution < 1.29 is 43.8 Å². The van der Waals surface area contributed by atoms with Gasteiger partial charge in [-0.1, -0.05) is 0 Å². The van der Waals surface area contributed by atoms with Crippen LogP contribution in [0.4, 0.5) is 0 Å². The number of aliphatic imine (C=N–C) groups is 1. The van der Waals surface area contributed by atoms with E-state index >= 15 is 0 Å². The molecule has 0 radical (unpaired) electrons. The van der Waals surface area contributed by atoms with Gasteiger partial charge in [0.25, 0.3) is 0 Å². The van der Waals surface area contributed by atoms with Crippen molar-refractivity contribution >= 4 is 59.2 Å². The molecule has 5 amide bonds. The van der Waals surface area contributed by atoms with E-state index in [9.17, 15) is 38.7 Å². The van der Waals surface area contributed by atoms with E-state index in [0.717, 1.165) is 11.8 Å². The molecule has 13 N–H and O–H groups in total.